The van der Waals surface area contributed by atoms with E-state index in [0.717, 1.165) is 0 Å². The molecule has 0 rings (SSSR count). The van der Waals surface area contributed by atoms with Crippen molar-refractivity contribution in [3.05, 3.63) is 0 Å². The Balaban J connectivity index is 4.14. The van der Waals surface area contributed by atoms with Gasteiger partial charge in [-0.15, -0.1) is 0 Å². The Hall–Kier alpha value is -0.800. The van der Waals surface area contributed by atoms with Gasteiger partial charge in [-0.25, -0.2) is 0 Å². The van der Waals surface area contributed by atoms with E-state index >= 15 is 0 Å². The molecule has 0 saturated heterocycles. The van der Waals surface area contributed by atoms with E-state index in [-0.39, 0.29) is 0 Å². The molecule has 0 aliphatic carbocycles. The van der Waals surface area contributed by atoms with Crippen LogP contribution in [0.5, 0.6) is 0 Å². The lowest BCUT2D eigenvalue weighted by Gasteiger charge is -2.25. The summed E-state index contributed by atoms with van der Waals surface area (Å²) in [5, 5.41) is 11.7. The van der Waals surface area contributed by atoms with Gasteiger partial charge < -0.3 is 0 Å². The van der Waals surface area contributed by atoms with E-state index in [1.807, 2.05) is 19.1 Å². The van der Waals surface area contributed by atoms with Crippen molar-refractivity contribution in [1.82, 2.24) is 10.0 Å². The lowest BCUT2D eigenvalue weighted by Crippen LogP contribution is -2.32. The number of hydrogen-bond acceptors (Lipinski definition) is 2. The first-order chi connectivity index (χ1) is 5.45. The lowest BCUT2D eigenvalue weighted by atomic mass is 10.3. The van der Waals surface area contributed by atoms with Crippen molar-refractivity contribution in [2.45, 2.75) is 39.8 Å². The van der Waals surface area contributed by atoms with E-state index in [1.54, 1.807) is 5.01 Å². The van der Waals surface area contributed by atoms with Crippen LogP contribution < -0.4 is 0 Å². The summed E-state index contributed by atoms with van der Waals surface area (Å²) in [7, 11) is 3.73. The molecule has 0 heterocycles. The maximum Gasteiger partial charge on any atom is 0.0434 e. The average molecular weight is 172 g/mol. The molecule has 0 aromatic carbocycles. The fourth-order valence-electron chi connectivity index (χ4n) is 0.929. The summed E-state index contributed by atoms with van der Waals surface area (Å²) in [6.45, 7) is 8.42. The average Bonchev–Trinajstić information content (AvgIpc) is 1.84. The van der Waals surface area contributed by atoms with Gasteiger partial charge in [-0.05, 0) is 27.7 Å². The van der Waals surface area contributed by atoms with Gasteiger partial charge >= 0.3 is 0 Å². The Labute approximate surface area is 75.2 Å². The van der Waals surface area contributed by atoms with Crippen molar-refractivity contribution in [3.63, 3.8) is 0 Å². The first-order valence-electron chi connectivity index (χ1n) is 4.32. The molecular weight excluding hydrogens is 152 g/mol. The maximum atomic E-state index is 4.11. The lowest BCUT2D eigenvalue weighted by molar-refractivity contribution is 0.149. The van der Waals surface area contributed by atoms with Gasteiger partial charge in [0, 0.05) is 26.2 Å². The standard InChI is InChI=1S/C8H20N4/c1-7(2)12(8(3)4)10-9-11(5)6/h7-8H,1-6H3/b10-9+. The molecule has 0 amide bonds. The molecule has 72 valence electrons. The third-order valence-electron chi connectivity index (χ3n) is 1.38. The van der Waals surface area contributed by atoms with Crippen LogP contribution in [0.3, 0.4) is 0 Å². The van der Waals surface area contributed by atoms with Gasteiger partial charge in [0.25, 0.3) is 0 Å². The van der Waals surface area contributed by atoms with E-state index in [4.69, 9.17) is 0 Å². The van der Waals surface area contributed by atoms with Gasteiger partial charge in [0.05, 0.1) is 0 Å². The van der Waals surface area contributed by atoms with Gasteiger partial charge in [0.2, 0.25) is 0 Å². The van der Waals surface area contributed by atoms with Crippen LogP contribution >= 0.6 is 0 Å². The third kappa shape index (κ3) is 4.16. The van der Waals surface area contributed by atoms with Crippen LogP contribution in [0.25, 0.3) is 0 Å². The molecule has 4 nitrogen and oxygen atoms in total. The van der Waals surface area contributed by atoms with E-state index in [9.17, 15) is 0 Å². The van der Waals surface area contributed by atoms with Crippen molar-refractivity contribution in [2.24, 2.45) is 10.4 Å². The molecule has 12 heavy (non-hydrogen) atoms. The van der Waals surface area contributed by atoms with Crippen LogP contribution in [0.15, 0.2) is 10.4 Å². The Kier molecular flexibility index (Phi) is 4.62. The van der Waals surface area contributed by atoms with Gasteiger partial charge in [0.1, 0.15) is 0 Å². The summed E-state index contributed by atoms with van der Waals surface area (Å²) in [6, 6.07) is 0.794. The number of nitrogens with zero attached hydrogens (tertiary/aromatic N) is 4. The van der Waals surface area contributed by atoms with E-state index < -0.39 is 0 Å². The number of rotatable bonds is 4. The second-order valence-corrected chi connectivity index (χ2v) is 3.59. The first kappa shape index (κ1) is 11.2. The van der Waals surface area contributed by atoms with Crippen molar-refractivity contribution in [1.29, 1.82) is 0 Å². The maximum absolute atomic E-state index is 4.11. The number of hydrogen-bond donors (Lipinski definition) is 0. The second kappa shape index (κ2) is 4.95. The zero-order chi connectivity index (χ0) is 9.72. The minimum absolute atomic E-state index is 0.397. The molecule has 0 aliphatic rings. The molecule has 0 aliphatic heterocycles. The summed E-state index contributed by atoms with van der Waals surface area (Å²) in [4.78, 5) is 0. The third-order valence-corrected chi connectivity index (χ3v) is 1.38. The van der Waals surface area contributed by atoms with Crippen molar-refractivity contribution >= 4 is 0 Å². The van der Waals surface area contributed by atoms with E-state index in [2.05, 4.69) is 38.1 Å². The highest BCUT2D eigenvalue weighted by Gasteiger charge is 2.10. The van der Waals surface area contributed by atoms with Crippen LogP contribution in [0.2, 0.25) is 0 Å². The molecule has 0 radical (unpaired) electrons. The smallest absolute Gasteiger partial charge is 0.0434 e. The predicted molar refractivity (Wildman–Crippen MR) is 50.7 cm³/mol. The molecule has 0 fully saturated rings. The van der Waals surface area contributed by atoms with Crippen LogP contribution in [0.1, 0.15) is 27.7 Å². The summed E-state index contributed by atoms with van der Waals surface area (Å²) in [5.41, 5.74) is 0. The molecule has 0 bridgehead atoms. The molecule has 0 aromatic rings. The molecule has 0 spiro atoms. The molecule has 4 heteroatoms. The van der Waals surface area contributed by atoms with E-state index in [0.29, 0.717) is 12.1 Å². The van der Waals surface area contributed by atoms with Crippen LogP contribution in [0.4, 0.5) is 0 Å². The molecule has 0 unspecified atom stereocenters. The highest BCUT2D eigenvalue weighted by Crippen LogP contribution is 2.05. The van der Waals surface area contributed by atoms with Crippen LogP contribution in [-0.4, -0.2) is 36.2 Å². The normalized spacial score (nSPS) is 11.7. The summed E-state index contributed by atoms with van der Waals surface area (Å²) >= 11 is 0. The monoisotopic (exact) mass is 172 g/mol. The molecular formula is C8H20N4. The van der Waals surface area contributed by atoms with Crippen molar-refractivity contribution in [3.8, 4) is 0 Å². The highest BCUT2D eigenvalue weighted by molar-refractivity contribution is 4.60. The van der Waals surface area contributed by atoms with Crippen LogP contribution in [0, 0.1) is 0 Å². The Morgan fingerprint density at radius 3 is 1.50 bits per heavy atom. The van der Waals surface area contributed by atoms with Crippen molar-refractivity contribution < 1.29 is 0 Å². The fourth-order valence-corrected chi connectivity index (χ4v) is 0.929. The zero-order valence-electron chi connectivity index (χ0n) is 8.94. The minimum atomic E-state index is 0.397. The Bertz CT molecular complexity index is 132. The summed E-state index contributed by atoms with van der Waals surface area (Å²) < 4.78 is 0. The molecule has 0 N–H and O–H groups in total. The Morgan fingerprint density at radius 1 is 0.833 bits per heavy atom. The van der Waals surface area contributed by atoms with Gasteiger partial charge in [-0.2, -0.15) is 0 Å². The molecule has 0 saturated carbocycles. The predicted octanol–water partition coefficient (Wildman–Crippen LogP) is 1.95. The van der Waals surface area contributed by atoms with Crippen molar-refractivity contribution in [2.75, 3.05) is 14.1 Å². The summed E-state index contributed by atoms with van der Waals surface area (Å²) in [5.74, 6) is 0. The van der Waals surface area contributed by atoms with E-state index in [1.165, 1.54) is 0 Å². The highest BCUT2D eigenvalue weighted by atomic mass is 15.7. The SMILES string of the molecule is CC(C)N(/N=N/N(C)C)C(C)C. The Morgan fingerprint density at radius 2 is 1.25 bits per heavy atom. The molecule has 0 atom stereocenters. The molecule has 0 aromatic heterocycles. The van der Waals surface area contributed by atoms with Gasteiger partial charge in [-0.3, -0.25) is 10.0 Å². The summed E-state index contributed by atoms with van der Waals surface area (Å²) in [6.07, 6.45) is 0. The topological polar surface area (TPSA) is 31.2 Å². The van der Waals surface area contributed by atoms with Gasteiger partial charge in [0.15, 0.2) is 0 Å². The van der Waals surface area contributed by atoms with Crippen LogP contribution in [-0.2, 0) is 0 Å². The largest absolute Gasteiger partial charge is 0.283 e. The quantitative estimate of drug-likeness (QED) is 0.479. The fraction of sp³-hybridized carbons (Fsp3) is 1.00. The zero-order valence-corrected chi connectivity index (χ0v) is 8.94. The first-order valence-corrected chi connectivity index (χ1v) is 4.32. The van der Waals surface area contributed by atoms with Gasteiger partial charge in [-0.1, -0.05) is 10.4 Å². The minimum Gasteiger partial charge on any atom is -0.283 e. The second-order valence-electron chi connectivity index (χ2n) is 3.59.